The zero-order chi connectivity index (χ0) is 13.4. The predicted molar refractivity (Wildman–Crippen MR) is 79.3 cm³/mol. The predicted octanol–water partition coefficient (Wildman–Crippen LogP) is 5.49. The first kappa shape index (κ1) is 12.7. The van der Waals surface area contributed by atoms with E-state index in [0.717, 1.165) is 10.2 Å². The second-order valence-corrected chi connectivity index (χ2v) is 5.65. The lowest BCUT2D eigenvalue weighted by atomic mass is 10.3. The molecule has 0 atom stereocenters. The molecule has 0 fully saturated rings. The van der Waals surface area contributed by atoms with E-state index in [4.69, 9.17) is 23.2 Å². The van der Waals surface area contributed by atoms with Crippen LogP contribution in [0.5, 0.6) is 0 Å². The lowest BCUT2D eigenvalue weighted by molar-refractivity contribution is 0.632. The van der Waals surface area contributed by atoms with E-state index in [1.54, 1.807) is 18.2 Å². The SMILES string of the molecule is Fc1c(Cl)cccc1Nc1nc2cccc(Cl)c2s1. The Morgan fingerprint density at radius 3 is 2.58 bits per heavy atom. The molecule has 0 aliphatic rings. The standard InChI is InChI=1S/C13H7Cl2FN2S/c14-7-3-1-5-9(11(7)16)17-13-18-10-6-2-4-8(15)12(10)19-13/h1-6H,(H,17,18). The maximum Gasteiger partial charge on any atom is 0.188 e. The largest absolute Gasteiger partial charge is 0.329 e. The van der Waals surface area contributed by atoms with Gasteiger partial charge in [-0.25, -0.2) is 9.37 Å². The molecule has 2 nitrogen and oxygen atoms in total. The third-order valence-electron chi connectivity index (χ3n) is 2.56. The number of benzene rings is 2. The summed E-state index contributed by atoms with van der Waals surface area (Å²) in [7, 11) is 0. The Bertz CT molecular complexity index is 757. The maximum absolute atomic E-state index is 13.8. The highest BCUT2D eigenvalue weighted by molar-refractivity contribution is 7.22. The number of thiazole rings is 1. The van der Waals surface area contributed by atoms with Gasteiger partial charge in [0.15, 0.2) is 10.9 Å². The van der Waals surface area contributed by atoms with E-state index in [1.807, 2.05) is 12.1 Å². The van der Waals surface area contributed by atoms with E-state index in [0.29, 0.717) is 15.8 Å². The quantitative estimate of drug-likeness (QED) is 0.677. The molecule has 0 saturated heterocycles. The number of hydrogen-bond acceptors (Lipinski definition) is 3. The van der Waals surface area contributed by atoms with Gasteiger partial charge in [-0.15, -0.1) is 0 Å². The van der Waals surface area contributed by atoms with Gasteiger partial charge in [-0.1, -0.05) is 46.7 Å². The van der Waals surface area contributed by atoms with Crippen molar-refractivity contribution >= 4 is 55.6 Å². The minimum atomic E-state index is -0.491. The van der Waals surface area contributed by atoms with E-state index >= 15 is 0 Å². The molecular formula is C13H7Cl2FN2S. The molecule has 3 rings (SSSR count). The summed E-state index contributed by atoms with van der Waals surface area (Å²) in [4.78, 5) is 4.35. The van der Waals surface area contributed by atoms with Crippen molar-refractivity contribution in [2.45, 2.75) is 0 Å². The van der Waals surface area contributed by atoms with Crippen molar-refractivity contribution in [1.82, 2.24) is 4.98 Å². The molecule has 0 bridgehead atoms. The zero-order valence-electron chi connectivity index (χ0n) is 9.45. The van der Waals surface area contributed by atoms with E-state index in [-0.39, 0.29) is 5.02 Å². The van der Waals surface area contributed by atoms with Gasteiger partial charge in [-0.3, -0.25) is 0 Å². The number of aromatic nitrogens is 1. The topological polar surface area (TPSA) is 24.9 Å². The molecule has 0 amide bonds. The van der Waals surface area contributed by atoms with Crippen LogP contribution in [0.15, 0.2) is 36.4 Å². The highest BCUT2D eigenvalue weighted by Crippen LogP contribution is 2.34. The average molecular weight is 313 g/mol. The summed E-state index contributed by atoms with van der Waals surface area (Å²) in [5, 5.41) is 4.20. The van der Waals surface area contributed by atoms with Crippen LogP contribution in [0.4, 0.5) is 15.2 Å². The number of rotatable bonds is 2. The highest BCUT2D eigenvalue weighted by atomic mass is 35.5. The fourth-order valence-electron chi connectivity index (χ4n) is 1.68. The minimum Gasteiger partial charge on any atom is -0.329 e. The summed E-state index contributed by atoms with van der Waals surface area (Å²) < 4.78 is 14.6. The Kier molecular flexibility index (Phi) is 3.31. The van der Waals surface area contributed by atoms with Gasteiger partial charge < -0.3 is 5.32 Å². The third kappa shape index (κ3) is 2.39. The van der Waals surface area contributed by atoms with Crippen LogP contribution in [0.2, 0.25) is 10.0 Å². The van der Waals surface area contributed by atoms with Crippen LogP contribution in [0.25, 0.3) is 10.2 Å². The zero-order valence-corrected chi connectivity index (χ0v) is 11.8. The molecule has 1 aromatic heterocycles. The molecule has 0 aliphatic heterocycles. The molecule has 0 spiro atoms. The average Bonchev–Trinajstić information content (AvgIpc) is 2.79. The molecule has 6 heteroatoms. The number of nitrogens with one attached hydrogen (secondary N) is 1. The first-order chi connectivity index (χ1) is 9.15. The van der Waals surface area contributed by atoms with E-state index < -0.39 is 5.82 Å². The van der Waals surface area contributed by atoms with Crippen LogP contribution in [0, 0.1) is 5.82 Å². The second kappa shape index (κ2) is 4.96. The minimum absolute atomic E-state index is 0.0733. The molecule has 19 heavy (non-hydrogen) atoms. The molecule has 0 radical (unpaired) electrons. The van der Waals surface area contributed by atoms with E-state index in [9.17, 15) is 4.39 Å². The van der Waals surface area contributed by atoms with E-state index in [1.165, 1.54) is 17.4 Å². The summed E-state index contributed by atoms with van der Waals surface area (Å²) >= 11 is 13.2. The molecular weight excluding hydrogens is 306 g/mol. The Labute approximate surface area is 122 Å². The van der Waals surface area contributed by atoms with Crippen molar-refractivity contribution in [2.24, 2.45) is 0 Å². The highest BCUT2D eigenvalue weighted by Gasteiger charge is 2.10. The van der Waals surface area contributed by atoms with Crippen LogP contribution < -0.4 is 5.32 Å². The van der Waals surface area contributed by atoms with Gasteiger partial charge in [0.1, 0.15) is 0 Å². The summed E-state index contributed by atoms with van der Waals surface area (Å²) in [6.07, 6.45) is 0. The third-order valence-corrected chi connectivity index (χ3v) is 4.30. The summed E-state index contributed by atoms with van der Waals surface area (Å²) in [6, 6.07) is 10.3. The van der Waals surface area contributed by atoms with Crippen LogP contribution in [0.3, 0.4) is 0 Å². The summed E-state index contributed by atoms with van der Waals surface area (Å²) in [5.41, 5.74) is 1.07. The molecule has 0 unspecified atom stereocenters. The molecule has 0 saturated carbocycles. The van der Waals surface area contributed by atoms with Gasteiger partial charge in [0.2, 0.25) is 0 Å². The van der Waals surface area contributed by atoms with Crippen LogP contribution in [-0.2, 0) is 0 Å². The first-order valence-electron chi connectivity index (χ1n) is 5.41. The molecule has 3 aromatic rings. The van der Waals surface area contributed by atoms with Gasteiger partial charge in [0.25, 0.3) is 0 Å². The van der Waals surface area contributed by atoms with Crippen molar-refractivity contribution < 1.29 is 4.39 Å². The monoisotopic (exact) mass is 312 g/mol. The molecule has 1 N–H and O–H groups in total. The maximum atomic E-state index is 13.8. The number of fused-ring (bicyclic) bond motifs is 1. The lowest BCUT2D eigenvalue weighted by Gasteiger charge is -2.04. The fourth-order valence-corrected chi connectivity index (χ4v) is 3.03. The summed E-state index contributed by atoms with van der Waals surface area (Å²) in [5.74, 6) is -0.491. The number of hydrogen-bond donors (Lipinski definition) is 1. The van der Waals surface area contributed by atoms with Gasteiger partial charge in [-0.2, -0.15) is 0 Å². The second-order valence-electron chi connectivity index (χ2n) is 3.83. The summed E-state index contributed by atoms with van der Waals surface area (Å²) in [6.45, 7) is 0. The normalized spacial score (nSPS) is 10.9. The smallest absolute Gasteiger partial charge is 0.188 e. The molecule has 96 valence electrons. The van der Waals surface area contributed by atoms with Crippen molar-refractivity contribution in [2.75, 3.05) is 5.32 Å². The van der Waals surface area contributed by atoms with Crippen molar-refractivity contribution in [3.63, 3.8) is 0 Å². The lowest BCUT2D eigenvalue weighted by Crippen LogP contribution is -1.93. The Hall–Kier alpha value is -1.36. The number of halogens is 3. The number of anilines is 2. The Balaban J connectivity index is 2.02. The van der Waals surface area contributed by atoms with Crippen LogP contribution >= 0.6 is 34.5 Å². The number of nitrogens with zero attached hydrogens (tertiary/aromatic N) is 1. The molecule has 1 heterocycles. The van der Waals surface area contributed by atoms with Crippen molar-refractivity contribution in [3.05, 3.63) is 52.3 Å². The van der Waals surface area contributed by atoms with Crippen LogP contribution in [-0.4, -0.2) is 4.98 Å². The van der Waals surface area contributed by atoms with Gasteiger partial charge in [0.05, 0.1) is 25.9 Å². The van der Waals surface area contributed by atoms with Gasteiger partial charge in [-0.05, 0) is 24.3 Å². The van der Waals surface area contributed by atoms with Gasteiger partial charge in [0, 0.05) is 0 Å². The van der Waals surface area contributed by atoms with E-state index in [2.05, 4.69) is 10.3 Å². The van der Waals surface area contributed by atoms with Crippen molar-refractivity contribution in [1.29, 1.82) is 0 Å². The first-order valence-corrected chi connectivity index (χ1v) is 6.98. The molecule has 2 aromatic carbocycles. The molecule has 0 aliphatic carbocycles. The Morgan fingerprint density at radius 2 is 1.79 bits per heavy atom. The van der Waals surface area contributed by atoms with Crippen molar-refractivity contribution in [3.8, 4) is 0 Å². The van der Waals surface area contributed by atoms with Gasteiger partial charge >= 0.3 is 0 Å². The van der Waals surface area contributed by atoms with Crippen LogP contribution in [0.1, 0.15) is 0 Å². The fraction of sp³-hybridized carbons (Fsp3) is 0. The Morgan fingerprint density at radius 1 is 1.05 bits per heavy atom.